The molecular formula is C13H18N2O3. The van der Waals surface area contributed by atoms with Gasteiger partial charge in [-0.05, 0) is 31.1 Å². The molecule has 1 N–H and O–H groups in total. The molecule has 0 radical (unpaired) electrons. The number of rotatable bonds is 2. The van der Waals surface area contributed by atoms with E-state index in [1.807, 2.05) is 6.92 Å². The number of barbiturate groups is 1. The average molecular weight is 250 g/mol. The van der Waals surface area contributed by atoms with E-state index in [-0.39, 0.29) is 23.8 Å². The topological polar surface area (TPSA) is 66.5 Å². The molecular weight excluding hydrogens is 232 g/mol. The van der Waals surface area contributed by atoms with Gasteiger partial charge < -0.3 is 0 Å². The lowest BCUT2D eigenvalue weighted by atomic mass is 9.87. The lowest BCUT2D eigenvalue weighted by Gasteiger charge is -2.33. The molecule has 0 aromatic carbocycles. The number of nitrogens with one attached hydrogen (secondary N) is 1. The van der Waals surface area contributed by atoms with Crippen molar-refractivity contribution in [3.8, 4) is 0 Å². The molecule has 1 heterocycles. The minimum Gasteiger partial charge on any atom is -0.277 e. The Kier molecular flexibility index (Phi) is 2.64. The molecule has 1 aliphatic heterocycles. The normalized spacial score (nSPS) is 37.1. The van der Waals surface area contributed by atoms with Gasteiger partial charge in [0.05, 0.1) is 0 Å². The highest BCUT2D eigenvalue weighted by Gasteiger charge is 2.52. The summed E-state index contributed by atoms with van der Waals surface area (Å²) in [6.07, 6.45) is 4.87. The van der Waals surface area contributed by atoms with Gasteiger partial charge in [-0.25, -0.2) is 4.79 Å². The van der Waals surface area contributed by atoms with Crippen molar-refractivity contribution in [3.05, 3.63) is 0 Å². The Morgan fingerprint density at radius 1 is 1.17 bits per heavy atom. The largest absolute Gasteiger partial charge is 0.331 e. The number of nitrogens with zero attached hydrogens (tertiary/aromatic N) is 1. The van der Waals surface area contributed by atoms with Crippen molar-refractivity contribution in [2.45, 2.75) is 45.1 Å². The molecule has 3 atom stereocenters. The van der Waals surface area contributed by atoms with E-state index in [4.69, 9.17) is 0 Å². The first-order valence-electron chi connectivity index (χ1n) is 6.77. The van der Waals surface area contributed by atoms with Crippen molar-refractivity contribution in [1.82, 2.24) is 10.2 Å². The quantitative estimate of drug-likeness (QED) is 0.751. The molecule has 0 bridgehead atoms. The number of carbonyl (C=O) groups excluding carboxylic acids is 3. The van der Waals surface area contributed by atoms with Crippen LogP contribution in [0.2, 0.25) is 0 Å². The maximum atomic E-state index is 12.4. The summed E-state index contributed by atoms with van der Waals surface area (Å²) in [5.41, 5.74) is 0. The van der Waals surface area contributed by atoms with Gasteiger partial charge in [-0.3, -0.25) is 19.8 Å². The predicted octanol–water partition coefficient (Wildman–Crippen LogP) is 1.28. The van der Waals surface area contributed by atoms with Gasteiger partial charge in [-0.2, -0.15) is 0 Å². The summed E-state index contributed by atoms with van der Waals surface area (Å²) in [7, 11) is 0. The molecule has 5 nitrogen and oxygen atoms in total. The first kappa shape index (κ1) is 11.7. The van der Waals surface area contributed by atoms with Crippen molar-refractivity contribution >= 4 is 17.8 Å². The number of carbonyl (C=O) groups is 3. The molecule has 2 saturated carbocycles. The zero-order valence-corrected chi connectivity index (χ0v) is 10.5. The fraction of sp³-hybridized carbons (Fsp3) is 0.769. The van der Waals surface area contributed by atoms with E-state index in [0.717, 1.165) is 32.1 Å². The van der Waals surface area contributed by atoms with Crippen LogP contribution in [0.5, 0.6) is 0 Å². The Labute approximate surface area is 106 Å². The fourth-order valence-electron chi connectivity index (χ4n) is 3.29. The van der Waals surface area contributed by atoms with Gasteiger partial charge in [0.15, 0.2) is 0 Å². The summed E-state index contributed by atoms with van der Waals surface area (Å²) >= 11 is 0. The molecule has 3 aliphatic rings. The van der Waals surface area contributed by atoms with E-state index in [1.54, 1.807) is 0 Å². The van der Waals surface area contributed by atoms with Crippen LogP contribution < -0.4 is 5.32 Å². The molecule has 98 valence electrons. The van der Waals surface area contributed by atoms with E-state index in [1.165, 1.54) is 4.90 Å². The van der Waals surface area contributed by atoms with E-state index in [2.05, 4.69) is 5.32 Å². The summed E-state index contributed by atoms with van der Waals surface area (Å²) in [6.45, 7) is 2.02. The third kappa shape index (κ3) is 1.72. The maximum Gasteiger partial charge on any atom is 0.331 e. The first-order chi connectivity index (χ1) is 8.59. The monoisotopic (exact) mass is 250 g/mol. The highest BCUT2D eigenvalue weighted by Crippen LogP contribution is 2.40. The number of urea groups is 1. The standard InChI is InChI=1S/C13H18N2O3/c1-7-6-9(7)15-12(17)10(8-4-2-3-5-8)11(16)14-13(15)18/h7-10H,2-6H2,1H3,(H,14,16,18). The van der Waals surface area contributed by atoms with Crippen LogP contribution in [-0.2, 0) is 9.59 Å². The Hall–Kier alpha value is -1.39. The molecule has 0 spiro atoms. The highest BCUT2D eigenvalue weighted by molar-refractivity contribution is 6.16. The minimum atomic E-state index is -0.627. The summed E-state index contributed by atoms with van der Waals surface area (Å²) in [5, 5.41) is 2.36. The highest BCUT2D eigenvalue weighted by atomic mass is 16.2. The number of amides is 4. The molecule has 4 amide bonds. The Morgan fingerprint density at radius 2 is 1.78 bits per heavy atom. The van der Waals surface area contributed by atoms with Crippen molar-refractivity contribution < 1.29 is 14.4 Å². The van der Waals surface area contributed by atoms with Gasteiger partial charge in [-0.15, -0.1) is 0 Å². The average Bonchev–Trinajstić information content (AvgIpc) is 2.78. The third-order valence-electron chi connectivity index (χ3n) is 4.50. The predicted molar refractivity (Wildman–Crippen MR) is 63.4 cm³/mol. The number of hydrogen-bond acceptors (Lipinski definition) is 3. The van der Waals surface area contributed by atoms with Crippen molar-refractivity contribution in [2.24, 2.45) is 17.8 Å². The van der Waals surface area contributed by atoms with Crippen LogP contribution in [0.3, 0.4) is 0 Å². The van der Waals surface area contributed by atoms with Crippen LogP contribution in [0.1, 0.15) is 39.0 Å². The van der Waals surface area contributed by atoms with Crippen LogP contribution >= 0.6 is 0 Å². The van der Waals surface area contributed by atoms with Crippen molar-refractivity contribution in [1.29, 1.82) is 0 Å². The van der Waals surface area contributed by atoms with Crippen LogP contribution in [0.4, 0.5) is 4.79 Å². The molecule has 2 aliphatic carbocycles. The van der Waals surface area contributed by atoms with Crippen molar-refractivity contribution in [3.63, 3.8) is 0 Å². The molecule has 3 unspecified atom stereocenters. The van der Waals surface area contributed by atoms with Crippen molar-refractivity contribution in [2.75, 3.05) is 0 Å². The molecule has 0 aromatic rings. The fourth-order valence-corrected chi connectivity index (χ4v) is 3.29. The lowest BCUT2D eigenvalue weighted by Crippen LogP contribution is -2.60. The van der Waals surface area contributed by atoms with Gasteiger partial charge in [0, 0.05) is 6.04 Å². The van der Waals surface area contributed by atoms with Gasteiger partial charge in [0.2, 0.25) is 11.8 Å². The molecule has 3 fully saturated rings. The summed E-state index contributed by atoms with van der Waals surface area (Å²) in [5.74, 6) is -0.774. The van der Waals surface area contributed by atoms with Crippen LogP contribution in [0.25, 0.3) is 0 Å². The van der Waals surface area contributed by atoms with Gasteiger partial charge >= 0.3 is 6.03 Å². The molecule has 0 aromatic heterocycles. The second-order valence-electron chi connectivity index (χ2n) is 5.81. The van der Waals surface area contributed by atoms with E-state index < -0.39 is 11.9 Å². The SMILES string of the molecule is CC1CC1N1C(=O)NC(=O)C(C2CCCC2)C1=O. The van der Waals surface area contributed by atoms with Gasteiger partial charge in [0.25, 0.3) is 0 Å². The second kappa shape index (κ2) is 4.07. The number of imide groups is 2. The second-order valence-corrected chi connectivity index (χ2v) is 5.81. The zero-order valence-electron chi connectivity index (χ0n) is 10.5. The van der Waals surface area contributed by atoms with E-state index in [9.17, 15) is 14.4 Å². The maximum absolute atomic E-state index is 12.4. The third-order valence-corrected chi connectivity index (χ3v) is 4.50. The van der Waals surface area contributed by atoms with E-state index >= 15 is 0 Å². The van der Waals surface area contributed by atoms with E-state index in [0.29, 0.717) is 5.92 Å². The van der Waals surface area contributed by atoms with Crippen LogP contribution in [0, 0.1) is 17.8 Å². The first-order valence-corrected chi connectivity index (χ1v) is 6.77. The molecule has 1 saturated heterocycles. The Morgan fingerprint density at radius 3 is 2.33 bits per heavy atom. The Bertz CT molecular complexity index is 414. The Balaban J connectivity index is 1.82. The van der Waals surface area contributed by atoms with Gasteiger partial charge in [0.1, 0.15) is 5.92 Å². The zero-order chi connectivity index (χ0) is 12.9. The van der Waals surface area contributed by atoms with Crippen LogP contribution in [0.15, 0.2) is 0 Å². The summed E-state index contributed by atoms with van der Waals surface area (Å²) in [6, 6.07) is -0.511. The summed E-state index contributed by atoms with van der Waals surface area (Å²) in [4.78, 5) is 37.4. The smallest absolute Gasteiger partial charge is 0.277 e. The minimum absolute atomic E-state index is 0.00880. The summed E-state index contributed by atoms with van der Waals surface area (Å²) < 4.78 is 0. The van der Waals surface area contributed by atoms with Gasteiger partial charge in [-0.1, -0.05) is 19.8 Å². The molecule has 18 heavy (non-hydrogen) atoms. The molecule has 3 rings (SSSR count). The number of hydrogen-bond donors (Lipinski definition) is 1. The van der Waals surface area contributed by atoms with Crippen LogP contribution in [-0.4, -0.2) is 28.8 Å². The lowest BCUT2D eigenvalue weighted by molar-refractivity contribution is -0.145. The molecule has 5 heteroatoms.